The van der Waals surface area contributed by atoms with Gasteiger partial charge < -0.3 is 5.11 Å². The van der Waals surface area contributed by atoms with Crippen LogP contribution in [0.25, 0.3) is 0 Å². The van der Waals surface area contributed by atoms with E-state index in [1.54, 1.807) is 0 Å². The molecule has 1 unspecified atom stereocenters. The monoisotopic (exact) mass is 272 g/mol. The van der Waals surface area contributed by atoms with Gasteiger partial charge in [0.2, 0.25) is 0 Å². The molecule has 0 radical (unpaired) electrons. The summed E-state index contributed by atoms with van der Waals surface area (Å²) >= 11 is 0. The van der Waals surface area contributed by atoms with E-state index in [2.05, 4.69) is 31.1 Å². The number of rotatable bonds is 5. The van der Waals surface area contributed by atoms with E-state index >= 15 is 0 Å². The predicted molar refractivity (Wildman–Crippen MR) is 81.8 cm³/mol. The van der Waals surface area contributed by atoms with Crippen molar-refractivity contribution < 1.29 is 5.11 Å². The highest BCUT2D eigenvalue weighted by Crippen LogP contribution is 2.19. The lowest BCUT2D eigenvalue weighted by Crippen LogP contribution is -2.11. The van der Waals surface area contributed by atoms with Gasteiger partial charge in [0.15, 0.2) is 0 Å². The van der Waals surface area contributed by atoms with Gasteiger partial charge in [0.25, 0.3) is 0 Å². The summed E-state index contributed by atoms with van der Waals surface area (Å²) in [6.07, 6.45) is 1.73. The molecule has 2 rings (SSSR count). The Balaban J connectivity index is 2.11. The van der Waals surface area contributed by atoms with E-state index in [0.717, 1.165) is 29.8 Å². The Hall–Kier alpha value is -1.61. The fourth-order valence-electron chi connectivity index (χ4n) is 2.43. The van der Waals surface area contributed by atoms with Crippen LogP contribution in [-0.4, -0.2) is 14.9 Å². The lowest BCUT2D eigenvalue weighted by molar-refractivity contribution is 0.150. The van der Waals surface area contributed by atoms with Gasteiger partial charge in [0.05, 0.1) is 18.3 Å². The highest BCUT2D eigenvalue weighted by Gasteiger charge is 2.13. The molecule has 0 amide bonds. The maximum Gasteiger partial charge on any atom is 0.0985 e. The first kappa shape index (κ1) is 14.8. The maximum absolute atomic E-state index is 10.4. The number of aromatic nitrogens is 2. The first-order valence-electron chi connectivity index (χ1n) is 7.30. The molecule has 3 nitrogen and oxygen atoms in total. The summed E-state index contributed by atoms with van der Waals surface area (Å²) in [5.41, 5.74) is 5.65. The summed E-state index contributed by atoms with van der Waals surface area (Å²) < 4.78 is 1.90. The predicted octanol–water partition coefficient (Wildman–Crippen LogP) is 3.49. The fraction of sp³-hybridized carbons (Fsp3) is 0.471. The van der Waals surface area contributed by atoms with Crippen molar-refractivity contribution in [3.05, 3.63) is 52.3 Å². The Morgan fingerprint density at radius 2 is 1.80 bits per heavy atom. The maximum atomic E-state index is 10.4. The number of aryl methyl sites for hydroxylation is 2. The molecule has 1 N–H and O–H groups in total. The molecule has 1 aromatic carbocycles. The normalized spacial score (nSPS) is 12.7. The third-order valence-electron chi connectivity index (χ3n) is 3.99. The van der Waals surface area contributed by atoms with Crippen molar-refractivity contribution >= 4 is 0 Å². The van der Waals surface area contributed by atoms with Crippen molar-refractivity contribution in [1.82, 2.24) is 9.78 Å². The average Bonchev–Trinajstić information content (AvgIpc) is 2.67. The minimum absolute atomic E-state index is 0.508. The summed E-state index contributed by atoms with van der Waals surface area (Å²) in [5.74, 6) is 0. The van der Waals surface area contributed by atoms with Crippen LogP contribution in [0.5, 0.6) is 0 Å². The van der Waals surface area contributed by atoms with E-state index in [1.165, 1.54) is 11.1 Å². The van der Waals surface area contributed by atoms with E-state index < -0.39 is 6.10 Å². The molecular weight excluding hydrogens is 248 g/mol. The molecule has 0 bridgehead atoms. The summed E-state index contributed by atoms with van der Waals surface area (Å²) in [7, 11) is 0. The number of hydrogen-bond acceptors (Lipinski definition) is 2. The molecule has 0 aliphatic heterocycles. The zero-order valence-electron chi connectivity index (χ0n) is 12.8. The minimum atomic E-state index is -0.511. The summed E-state index contributed by atoms with van der Waals surface area (Å²) in [6, 6.07) is 8.26. The molecule has 2 aromatic rings. The molecule has 1 atom stereocenters. The zero-order valence-corrected chi connectivity index (χ0v) is 12.8. The smallest absolute Gasteiger partial charge is 0.0985 e. The molecule has 0 aliphatic carbocycles. The van der Waals surface area contributed by atoms with Crippen molar-refractivity contribution in [2.45, 2.75) is 53.2 Å². The lowest BCUT2D eigenvalue weighted by Gasteiger charge is -2.13. The van der Waals surface area contributed by atoms with E-state index in [4.69, 9.17) is 0 Å². The molecule has 108 valence electrons. The van der Waals surface area contributed by atoms with Gasteiger partial charge in [-0.3, -0.25) is 4.68 Å². The summed E-state index contributed by atoms with van der Waals surface area (Å²) in [4.78, 5) is 0. The Labute approximate surface area is 121 Å². The second kappa shape index (κ2) is 6.23. The number of benzene rings is 1. The number of aliphatic hydroxyl groups is 1. The molecular formula is C17H24N2O. The highest BCUT2D eigenvalue weighted by molar-refractivity contribution is 5.25. The van der Waals surface area contributed by atoms with Gasteiger partial charge in [-0.15, -0.1) is 0 Å². The topological polar surface area (TPSA) is 38.0 Å². The second-order valence-corrected chi connectivity index (χ2v) is 5.49. The minimum Gasteiger partial charge on any atom is -0.386 e. The van der Waals surface area contributed by atoms with Crippen LogP contribution < -0.4 is 0 Å². The van der Waals surface area contributed by atoms with Crippen LogP contribution in [0.2, 0.25) is 0 Å². The number of hydrogen-bond donors (Lipinski definition) is 1. The quantitative estimate of drug-likeness (QED) is 0.904. The van der Waals surface area contributed by atoms with Crippen molar-refractivity contribution in [2.24, 2.45) is 0 Å². The first-order chi connectivity index (χ1) is 9.52. The van der Waals surface area contributed by atoms with Crippen LogP contribution in [0.1, 0.15) is 47.5 Å². The third-order valence-corrected chi connectivity index (χ3v) is 3.99. The third kappa shape index (κ3) is 3.10. The molecule has 0 fully saturated rings. The van der Waals surface area contributed by atoms with Gasteiger partial charge in [-0.25, -0.2) is 0 Å². The van der Waals surface area contributed by atoms with Crippen LogP contribution in [0, 0.1) is 20.8 Å². The molecule has 3 heteroatoms. The Bertz CT molecular complexity index is 569. The molecule has 1 heterocycles. The summed E-state index contributed by atoms with van der Waals surface area (Å²) in [6.45, 7) is 8.80. The molecule has 0 aliphatic rings. The standard InChI is InChI=1S/C17H24N2O/c1-5-6-15-7-9-16(10-8-15)17(20)11-19-14(4)12(2)13(3)18-19/h7-10,17,20H,5-6,11H2,1-4H3. The van der Waals surface area contributed by atoms with Gasteiger partial charge >= 0.3 is 0 Å². The van der Waals surface area contributed by atoms with E-state index in [1.807, 2.05) is 30.7 Å². The number of nitrogens with zero attached hydrogens (tertiary/aromatic N) is 2. The molecule has 0 saturated carbocycles. The van der Waals surface area contributed by atoms with Crippen LogP contribution in [0.15, 0.2) is 24.3 Å². The lowest BCUT2D eigenvalue weighted by atomic mass is 10.0. The van der Waals surface area contributed by atoms with Crippen LogP contribution in [0.3, 0.4) is 0 Å². The van der Waals surface area contributed by atoms with Crippen LogP contribution >= 0.6 is 0 Å². The van der Waals surface area contributed by atoms with Gasteiger partial charge in [-0.1, -0.05) is 37.6 Å². The van der Waals surface area contributed by atoms with Crippen molar-refractivity contribution in [3.8, 4) is 0 Å². The first-order valence-corrected chi connectivity index (χ1v) is 7.30. The van der Waals surface area contributed by atoms with E-state index in [-0.39, 0.29) is 0 Å². The van der Waals surface area contributed by atoms with Gasteiger partial charge in [-0.2, -0.15) is 5.10 Å². The fourth-order valence-corrected chi connectivity index (χ4v) is 2.43. The highest BCUT2D eigenvalue weighted by atomic mass is 16.3. The molecule has 20 heavy (non-hydrogen) atoms. The average molecular weight is 272 g/mol. The Kier molecular flexibility index (Phi) is 4.61. The SMILES string of the molecule is CCCc1ccc(C(O)Cn2nc(C)c(C)c2C)cc1. The number of aliphatic hydroxyl groups excluding tert-OH is 1. The van der Waals surface area contributed by atoms with Crippen molar-refractivity contribution in [1.29, 1.82) is 0 Å². The molecule has 1 aromatic heterocycles. The largest absolute Gasteiger partial charge is 0.386 e. The Morgan fingerprint density at radius 1 is 1.15 bits per heavy atom. The van der Waals surface area contributed by atoms with E-state index in [0.29, 0.717) is 6.54 Å². The van der Waals surface area contributed by atoms with E-state index in [9.17, 15) is 5.11 Å². The van der Waals surface area contributed by atoms with Gasteiger partial charge in [-0.05, 0) is 43.9 Å². The van der Waals surface area contributed by atoms with Crippen LogP contribution in [-0.2, 0) is 13.0 Å². The Morgan fingerprint density at radius 3 is 2.30 bits per heavy atom. The van der Waals surface area contributed by atoms with Crippen LogP contribution in [0.4, 0.5) is 0 Å². The molecule has 0 saturated heterocycles. The zero-order chi connectivity index (χ0) is 14.7. The summed E-state index contributed by atoms with van der Waals surface area (Å²) in [5, 5.41) is 14.8. The molecule has 0 spiro atoms. The second-order valence-electron chi connectivity index (χ2n) is 5.49. The van der Waals surface area contributed by atoms with Crippen molar-refractivity contribution in [3.63, 3.8) is 0 Å². The van der Waals surface area contributed by atoms with Gasteiger partial charge in [0, 0.05) is 5.69 Å². The van der Waals surface area contributed by atoms with Crippen molar-refractivity contribution in [2.75, 3.05) is 0 Å². The van der Waals surface area contributed by atoms with Gasteiger partial charge in [0.1, 0.15) is 0 Å².